The van der Waals surface area contributed by atoms with Crippen LogP contribution in [0.1, 0.15) is 12.8 Å². The molecule has 1 saturated carbocycles. The summed E-state index contributed by atoms with van der Waals surface area (Å²) in [5.74, 6) is 0.660. The van der Waals surface area contributed by atoms with E-state index in [0.717, 1.165) is 13.1 Å². The van der Waals surface area contributed by atoms with Crippen LogP contribution in [0.3, 0.4) is 0 Å². The summed E-state index contributed by atoms with van der Waals surface area (Å²) in [6.45, 7) is 1.85. The standard InChI is InChI=1S/C8H13N3/c9-3-8(6-1-2-6)11-4-7(10)5-11/h6-8H,1-2,4-5,10H2. The van der Waals surface area contributed by atoms with Gasteiger partial charge in [0, 0.05) is 19.1 Å². The first-order valence-corrected chi connectivity index (χ1v) is 4.20. The first-order chi connectivity index (χ1) is 5.31. The maximum absolute atomic E-state index is 8.83. The van der Waals surface area contributed by atoms with Gasteiger partial charge in [0.15, 0.2) is 0 Å². The molecule has 2 N–H and O–H groups in total. The molecule has 1 unspecified atom stereocenters. The predicted octanol–water partition coefficient (Wildman–Crippen LogP) is -0.0685. The lowest BCUT2D eigenvalue weighted by Crippen LogP contribution is -2.59. The van der Waals surface area contributed by atoms with Crippen molar-refractivity contribution in [1.82, 2.24) is 4.90 Å². The van der Waals surface area contributed by atoms with Gasteiger partial charge >= 0.3 is 0 Å². The van der Waals surface area contributed by atoms with Crippen molar-refractivity contribution in [2.45, 2.75) is 24.9 Å². The van der Waals surface area contributed by atoms with Gasteiger partial charge in [0.1, 0.15) is 6.04 Å². The lowest BCUT2D eigenvalue weighted by atomic mass is 10.0. The van der Waals surface area contributed by atoms with E-state index in [-0.39, 0.29) is 6.04 Å². The molecular weight excluding hydrogens is 138 g/mol. The average Bonchev–Trinajstić information content (AvgIpc) is 2.69. The van der Waals surface area contributed by atoms with E-state index >= 15 is 0 Å². The number of likely N-dealkylation sites (tertiary alicyclic amines) is 1. The van der Waals surface area contributed by atoms with Crippen molar-refractivity contribution in [3.8, 4) is 6.07 Å². The van der Waals surface area contributed by atoms with Gasteiger partial charge in [-0.1, -0.05) is 0 Å². The minimum Gasteiger partial charge on any atom is -0.325 e. The Morgan fingerprint density at radius 3 is 2.45 bits per heavy atom. The van der Waals surface area contributed by atoms with Crippen LogP contribution in [0.25, 0.3) is 0 Å². The third-order valence-electron chi connectivity index (χ3n) is 2.53. The van der Waals surface area contributed by atoms with Gasteiger partial charge in [0.2, 0.25) is 0 Å². The number of nitrogens with zero attached hydrogens (tertiary/aromatic N) is 2. The van der Waals surface area contributed by atoms with E-state index in [1.807, 2.05) is 0 Å². The summed E-state index contributed by atoms with van der Waals surface area (Å²) in [5.41, 5.74) is 5.63. The van der Waals surface area contributed by atoms with E-state index in [1.165, 1.54) is 12.8 Å². The number of nitrogens with two attached hydrogens (primary N) is 1. The second kappa shape index (κ2) is 2.47. The van der Waals surface area contributed by atoms with Gasteiger partial charge in [-0.05, 0) is 18.8 Å². The van der Waals surface area contributed by atoms with Crippen LogP contribution in [0.2, 0.25) is 0 Å². The Hall–Kier alpha value is -0.590. The molecule has 0 aromatic heterocycles. The topological polar surface area (TPSA) is 53.0 Å². The summed E-state index contributed by atoms with van der Waals surface area (Å²) in [7, 11) is 0. The molecule has 1 saturated heterocycles. The number of rotatable bonds is 2. The molecule has 0 amide bonds. The van der Waals surface area contributed by atoms with E-state index in [2.05, 4.69) is 11.0 Å². The fourth-order valence-electron chi connectivity index (χ4n) is 1.67. The van der Waals surface area contributed by atoms with Crippen molar-refractivity contribution in [3.05, 3.63) is 0 Å². The lowest BCUT2D eigenvalue weighted by molar-refractivity contribution is 0.110. The summed E-state index contributed by atoms with van der Waals surface area (Å²) in [5, 5.41) is 8.83. The van der Waals surface area contributed by atoms with Crippen molar-refractivity contribution in [1.29, 1.82) is 5.26 Å². The van der Waals surface area contributed by atoms with Gasteiger partial charge in [-0.15, -0.1) is 0 Å². The summed E-state index contributed by atoms with van der Waals surface area (Å²) in [6.07, 6.45) is 2.48. The third kappa shape index (κ3) is 1.24. The van der Waals surface area contributed by atoms with Gasteiger partial charge in [-0.25, -0.2) is 0 Å². The Labute approximate surface area is 66.8 Å². The van der Waals surface area contributed by atoms with Gasteiger partial charge in [-0.2, -0.15) is 5.26 Å². The molecular formula is C8H13N3. The van der Waals surface area contributed by atoms with Crippen LogP contribution in [-0.4, -0.2) is 30.1 Å². The largest absolute Gasteiger partial charge is 0.325 e. The molecule has 11 heavy (non-hydrogen) atoms. The molecule has 1 heterocycles. The molecule has 0 aromatic rings. The Balaban J connectivity index is 1.87. The zero-order valence-electron chi connectivity index (χ0n) is 6.53. The van der Waals surface area contributed by atoms with E-state index in [4.69, 9.17) is 11.0 Å². The first-order valence-electron chi connectivity index (χ1n) is 4.20. The molecule has 0 spiro atoms. The average molecular weight is 151 g/mol. The summed E-state index contributed by atoms with van der Waals surface area (Å²) in [4.78, 5) is 2.20. The van der Waals surface area contributed by atoms with Crippen molar-refractivity contribution < 1.29 is 0 Å². The number of nitriles is 1. The molecule has 1 aliphatic heterocycles. The molecule has 1 atom stereocenters. The molecule has 2 rings (SSSR count). The van der Waals surface area contributed by atoms with Gasteiger partial charge in [0.05, 0.1) is 6.07 Å². The van der Waals surface area contributed by atoms with Gasteiger partial charge in [0.25, 0.3) is 0 Å². The van der Waals surface area contributed by atoms with Crippen LogP contribution in [0.4, 0.5) is 0 Å². The summed E-state index contributed by atoms with van der Waals surface area (Å²) < 4.78 is 0. The SMILES string of the molecule is N#CC(C1CC1)N1CC(N)C1. The Bertz CT molecular complexity index is 186. The smallest absolute Gasteiger partial charge is 0.101 e. The van der Waals surface area contributed by atoms with Crippen molar-refractivity contribution in [3.63, 3.8) is 0 Å². The van der Waals surface area contributed by atoms with Crippen LogP contribution in [0.5, 0.6) is 0 Å². The Kier molecular flexibility index (Phi) is 1.59. The molecule has 3 heteroatoms. The van der Waals surface area contributed by atoms with E-state index in [0.29, 0.717) is 12.0 Å². The molecule has 1 aliphatic carbocycles. The van der Waals surface area contributed by atoms with E-state index < -0.39 is 0 Å². The van der Waals surface area contributed by atoms with E-state index in [9.17, 15) is 0 Å². The van der Waals surface area contributed by atoms with Crippen molar-refractivity contribution in [2.75, 3.05) is 13.1 Å². The quantitative estimate of drug-likeness (QED) is 0.601. The fraction of sp³-hybridized carbons (Fsp3) is 0.875. The maximum atomic E-state index is 8.83. The molecule has 60 valence electrons. The number of hydrogen-bond donors (Lipinski definition) is 1. The van der Waals surface area contributed by atoms with Crippen molar-refractivity contribution >= 4 is 0 Å². The normalized spacial score (nSPS) is 29.1. The highest BCUT2D eigenvalue weighted by molar-refractivity contribution is 5.05. The molecule has 0 bridgehead atoms. The van der Waals surface area contributed by atoms with Crippen LogP contribution in [-0.2, 0) is 0 Å². The van der Waals surface area contributed by atoms with E-state index in [1.54, 1.807) is 0 Å². The summed E-state index contributed by atoms with van der Waals surface area (Å²) >= 11 is 0. The maximum Gasteiger partial charge on any atom is 0.101 e. The summed E-state index contributed by atoms with van der Waals surface area (Å²) in [6, 6.07) is 2.86. The minimum absolute atomic E-state index is 0.176. The van der Waals surface area contributed by atoms with Gasteiger partial charge in [-0.3, -0.25) is 4.90 Å². The molecule has 2 aliphatic rings. The van der Waals surface area contributed by atoms with Crippen LogP contribution in [0.15, 0.2) is 0 Å². The highest BCUT2D eigenvalue weighted by Crippen LogP contribution is 2.36. The Morgan fingerprint density at radius 2 is 2.09 bits per heavy atom. The molecule has 2 fully saturated rings. The molecule has 0 aromatic carbocycles. The predicted molar refractivity (Wildman–Crippen MR) is 41.7 cm³/mol. The van der Waals surface area contributed by atoms with Crippen LogP contribution < -0.4 is 5.73 Å². The van der Waals surface area contributed by atoms with Crippen molar-refractivity contribution in [2.24, 2.45) is 11.7 Å². The highest BCUT2D eigenvalue weighted by atomic mass is 15.2. The zero-order valence-corrected chi connectivity index (χ0v) is 6.53. The first kappa shape index (κ1) is 7.08. The van der Waals surface area contributed by atoms with Gasteiger partial charge < -0.3 is 5.73 Å². The number of hydrogen-bond acceptors (Lipinski definition) is 3. The third-order valence-corrected chi connectivity index (χ3v) is 2.53. The monoisotopic (exact) mass is 151 g/mol. The molecule has 0 radical (unpaired) electrons. The fourth-order valence-corrected chi connectivity index (χ4v) is 1.67. The van der Waals surface area contributed by atoms with Crippen LogP contribution >= 0.6 is 0 Å². The highest BCUT2D eigenvalue weighted by Gasteiger charge is 2.39. The second-order valence-corrected chi connectivity index (χ2v) is 3.63. The minimum atomic E-state index is 0.176. The lowest BCUT2D eigenvalue weighted by Gasteiger charge is -2.39. The second-order valence-electron chi connectivity index (χ2n) is 3.63. The Morgan fingerprint density at radius 1 is 1.45 bits per heavy atom. The molecule has 3 nitrogen and oxygen atoms in total. The zero-order chi connectivity index (χ0) is 7.84. The van der Waals surface area contributed by atoms with Crippen LogP contribution in [0, 0.1) is 17.2 Å².